The van der Waals surface area contributed by atoms with E-state index in [9.17, 15) is 5.11 Å². The quantitative estimate of drug-likeness (QED) is 0.896. The Balaban J connectivity index is 2.03. The van der Waals surface area contributed by atoms with Gasteiger partial charge in [0.05, 0.1) is 9.89 Å². The van der Waals surface area contributed by atoms with Crippen molar-refractivity contribution in [2.24, 2.45) is 0 Å². The molecule has 0 bridgehead atoms. The van der Waals surface area contributed by atoms with Crippen molar-refractivity contribution in [1.82, 2.24) is 0 Å². The third kappa shape index (κ3) is 3.41. The highest BCUT2D eigenvalue weighted by molar-refractivity contribution is 9.11. The molecule has 0 amide bonds. The molecule has 3 heteroatoms. The maximum Gasteiger partial charge on any atom is 0.0701 e. The largest absolute Gasteiger partial charge is 0.392 e. The van der Waals surface area contributed by atoms with Gasteiger partial charge in [0.15, 0.2) is 0 Å². The van der Waals surface area contributed by atoms with E-state index in [0.29, 0.717) is 6.42 Å². The zero-order valence-corrected chi connectivity index (χ0v) is 12.0. The summed E-state index contributed by atoms with van der Waals surface area (Å²) < 4.78 is 1.12. The highest BCUT2D eigenvalue weighted by atomic mass is 79.9. The van der Waals surface area contributed by atoms with Gasteiger partial charge in [-0.25, -0.2) is 0 Å². The first-order valence-corrected chi connectivity index (χ1v) is 7.25. The van der Waals surface area contributed by atoms with Gasteiger partial charge in [0.1, 0.15) is 0 Å². The van der Waals surface area contributed by atoms with E-state index in [0.717, 1.165) is 3.79 Å². The fourth-order valence-corrected chi connectivity index (χ4v) is 3.36. The van der Waals surface area contributed by atoms with Crippen LogP contribution in [0.1, 0.15) is 23.3 Å². The van der Waals surface area contributed by atoms with Crippen molar-refractivity contribution in [2.45, 2.75) is 25.4 Å². The molecule has 2 atom stereocenters. The van der Waals surface area contributed by atoms with Crippen LogP contribution in [0.15, 0.2) is 46.3 Å². The van der Waals surface area contributed by atoms with Crippen LogP contribution in [0.5, 0.6) is 0 Å². The minimum atomic E-state index is -0.331. The number of thiophene rings is 1. The lowest BCUT2D eigenvalue weighted by Crippen LogP contribution is -2.18. The Kier molecular flexibility index (Phi) is 4.37. The minimum Gasteiger partial charge on any atom is -0.392 e. The van der Waals surface area contributed by atoms with Crippen molar-refractivity contribution in [3.8, 4) is 0 Å². The molecule has 2 rings (SSSR count). The van der Waals surface area contributed by atoms with Gasteiger partial charge in [-0.1, -0.05) is 37.3 Å². The van der Waals surface area contributed by atoms with Crippen LogP contribution in [0.4, 0.5) is 0 Å². The molecule has 0 radical (unpaired) electrons. The van der Waals surface area contributed by atoms with Crippen molar-refractivity contribution in [2.75, 3.05) is 0 Å². The number of benzene rings is 1. The summed E-state index contributed by atoms with van der Waals surface area (Å²) in [6, 6.07) is 14.3. The summed E-state index contributed by atoms with van der Waals surface area (Å²) in [6.45, 7) is 2.07. The van der Waals surface area contributed by atoms with Gasteiger partial charge in [-0.05, 0) is 33.6 Å². The van der Waals surface area contributed by atoms with E-state index in [1.165, 1.54) is 10.4 Å². The zero-order valence-electron chi connectivity index (χ0n) is 9.64. The smallest absolute Gasteiger partial charge is 0.0701 e. The van der Waals surface area contributed by atoms with Crippen LogP contribution in [0.2, 0.25) is 0 Å². The molecule has 2 unspecified atom stereocenters. The monoisotopic (exact) mass is 310 g/mol. The molecule has 0 fully saturated rings. The maximum atomic E-state index is 10.2. The Morgan fingerprint density at radius 1 is 1.18 bits per heavy atom. The molecule has 1 N–H and O–H groups in total. The first-order chi connectivity index (χ1) is 8.16. The molecule has 0 aliphatic rings. The third-order valence-corrected chi connectivity index (χ3v) is 4.59. The lowest BCUT2D eigenvalue weighted by molar-refractivity contribution is 0.150. The van der Waals surface area contributed by atoms with Crippen LogP contribution >= 0.6 is 27.3 Å². The van der Waals surface area contributed by atoms with Crippen LogP contribution in [0.3, 0.4) is 0 Å². The topological polar surface area (TPSA) is 20.2 Å². The summed E-state index contributed by atoms with van der Waals surface area (Å²) in [4.78, 5) is 1.21. The number of aliphatic hydroxyl groups is 1. The van der Waals surface area contributed by atoms with Crippen molar-refractivity contribution in [3.05, 3.63) is 56.7 Å². The SMILES string of the molecule is CC(c1ccccc1)C(O)Cc1ccc(Br)s1. The maximum absolute atomic E-state index is 10.2. The van der Waals surface area contributed by atoms with E-state index in [1.807, 2.05) is 24.3 Å². The fraction of sp³-hybridized carbons (Fsp3) is 0.286. The van der Waals surface area contributed by atoms with Crippen LogP contribution in [0.25, 0.3) is 0 Å². The van der Waals surface area contributed by atoms with Gasteiger partial charge in [0, 0.05) is 17.2 Å². The van der Waals surface area contributed by atoms with Gasteiger partial charge in [-0.3, -0.25) is 0 Å². The van der Waals surface area contributed by atoms with Crippen molar-refractivity contribution in [3.63, 3.8) is 0 Å². The molecule has 17 heavy (non-hydrogen) atoms. The summed E-state index contributed by atoms with van der Waals surface area (Å²) in [7, 11) is 0. The predicted molar refractivity (Wildman–Crippen MR) is 76.6 cm³/mol. The molecular formula is C14H15BrOS. The lowest BCUT2D eigenvalue weighted by Gasteiger charge is -2.18. The van der Waals surface area contributed by atoms with Crippen molar-refractivity contribution in [1.29, 1.82) is 0 Å². The normalized spacial score (nSPS) is 14.5. The lowest BCUT2D eigenvalue weighted by atomic mass is 9.93. The Morgan fingerprint density at radius 3 is 2.47 bits per heavy atom. The first kappa shape index (κ1) is 12.8. The fourth-order valence-electron chi connectivity index (χ4n) is 1.82. The molecule has 1 heterocycles. The minimum absolute atomic E-state index is 0.164. The van der Waals surface area contributed by atoms with Crippen LogP contribution in [0, 0.1) is 0 Å². The highest BCUT2D eigenvalue weighted by Crippen LogP contribution is 2.27. The van der Waals surface area contributed by atoms with Gasteiger partial charge in [-0.2, -0.15) is 0 Å². The van der Waals surface area contributed by atoms with Crippen molar-refractivity contribution >= 4 is 27.3 Å². The molecule has 0 saturated heterocycles. The third-order valence-electron chi connectivity index (χ3n) is 2.94. The molecule has 1 aromatic carbocycles. The van der Waals surface area contributed by atoms with E-state index in [2.05, 4.69) is 41.1 Å². The van der Waals surface area contributed by atoms with Crippen LogP contribution in [-0.4, -0.2) is 11.2 Å². The Morgan fingerprint density at radius 2 is 1.88 bits per heavy atom. The number of halogens is 1. The second-order valence-corrected chi connectivity index (χ2v) is 6.72. The number of hydrogen-bond acceptors (Lipinski definition) is 2. The van der Waals surface area contributed by atoms with Gasteiger partial charge < -0.3 is 5.11 Å². The predicted octanol–water partition coefficient (Wildman–Crippen LogP) is 4.22. The highest BCUT2D eigenvalue weighted by Gasteiger charge is 2.17. The van der Waals surface area contributed by atoms with E-state index in [-0.39, 0.29) is 12.0 Å². The summed E-state index contributed by atoms with van der Waals surface area (Å²) in [5.41, 5.74) is 1.19. The molecule has 1 aromatic heterocycles. The number of aliphatic hydroxyl groups excluding tert-OH is 1. The summed E-state index contributed by atoms with van der Waals surface area (Å²) >= 11 is 5.13. The average molecular weight is 311 g/mol. The molecule has 0 spiro atoms. The zero-order chi connectivity index (χ0) is 12.3. The van der Waals surface area contributed by atoms with E-state index < -0.39 is 0 Å². The molecule has 1 nitrogen and oxygen atoms in total. The van der Waals surface area contributed by atoms with E-state index in [4.69, 9.17) is 0 Å². The van der Waals surface area contributed by atoms with Crippen LogP contribution in [-0.2, 0) is 6.42 Å². The molecule has 0 aliphatic carbocycles. The molecule has 90 valence electrons. The summed E-state index contributed by atoms with van der Waals surface area (Å²) in [6.07, 6.45) is 0.384. The van der Waals surface area contributed by atoms with Crippen molar-refractivity contribution < 1.29 is 5.11 Å². The van der Waals surface area contributed by atoms with Gasteiger partial charge in [0.25, 0.3) is 0 Å². The second kappa shape index (κ2) is 5.80. The summed E-state index contributed by atoms with van der Waals surface area (Å²) in [5.74, 6) is 0.164. The standard InChI is InChI=1S/C14H15BrOS/c1-10(11-5-3-2-4-6-11)13(16)9-12-7-8-14(15)17-12/h2-8,10,13,16H,9H2,1H3. The number of hydrogen-bond donors (Lipinski definition) is 1. The van der Waals surface area contributed by atoms with E-state index in [1.54, 1.807) is 11.3 Å². The van der Waals surface area contributed by atoms with Gasteiger partial charge >= 0.3 is 0 Å². The Hall–Kier alpha value is -0.640. The molecule has 0 aliphatic heterocycles. The first-order valence-electron chi connectivity index (χ1n) is 5.64. The van der Waals surface area contributed by atoms with Gasteiger partial charge in [-0.15, -0.1) is 11.3 Å². The Labute approximate surface area is 114 Å². The van der Waals surface area contributed by atoms with Crippen LogP contribution < -0.4 is 0 Å². The summed E-state index contributed by atoms with van der Waals surface area (Å²) in [5, 5.41) is 10.2. The van der Waals surface area contributed by atoms with Gasteiger partial charge in [0.2, 0.25) is 0 Å². The Bertz CT molecular complexity index is 466. The molecular weight excluding hydrogens is 296 g/mol. The average Bonchev–Trinajstić information content (AvgIpc) is 2.75. The molecule has 0 saturated carbocycles. The number of rotatable bonds is 4. The van der Waals surface area contributed by atoms with E-state index >= 15 is 0 Å². The molecule has 2 aromatic rings. The second-order valence-electron chi connectivity index (χ2n) is 4.18.